The van der Waals surface area contributed by atoms with Gasteiger partial charge >= 0.3 is 5.97 Å². The zero-order chi connectivity index (χ0) is 29.3. The molecule has 1 heterocycles. The topological polar surface area (TPSA) is 84.9 Å². The lowest BCUT2D eigenvalue weighted by atomic mass is 9.99. The number of fused-ring (bicyclic) bond motifs is 1. The quantitative estimate of drug-likeness (QED) is 0.156. The van der Waals surface area contributed by atoms with Crippen LogP contribution in [0.4, 0.5) is 17.1 Å². The van der Waals surface area contributed by atoms with E-state index in [9.17, 15) is 14.4 Å². The first-order chi connectivity index (χ1) is 20.5. The Morgan fingerprint density at radius 1 is 0.929 bits per heavy atom. The van der Waals surface area contributed by atoms with Crippen LogP contribution >= 0.6 is 0 Å². The Bertz CT molecular complexity index is 1670. The van der Waals surface area contributed by atoms with Crippen molar-refractivity contribution in [2.24, 2.45) is 0 Å². The molecule has 0 spiro atoms. The van der Waals surface area contributed by atoms with Crippen molar-refractivity contribution in [1.82, 2.24) is 0 Å². The predicted molar refractivity (Wildman–Crippen MR) is 162 cm³/mol. The van der Waals surface area contributed by atoms with Gasteiger partial charge in [-0.2, -0.15) is 0 Å². The van der Waals surface area contributed by atoms with Gasteiger partial charge < -0.3 is 14.8 Å². The minimum atomic E-state index is -0.288. The van der Waals surface area contributed by atoms with Crippen molar-refractivity contribution < 1.29 is 23.9 Å². The Hall–Kier alpha value is -5.35. The summed E-state index contributed by atoms with van der Waals surface area (Å²) >= 11 is 0. The van der Waals surface area contributed by atoms with E-state index in [1.54, 1.807) is 30.0 Å². The van der Waals surface area contributed by atoms with Crippen molar-refractivity contribution in [3.8, 4) is 17.6 Å². The summed E-state index contributed by atoms with van der Waals surface area (Å²) in [5, 5.41) is 3.45. The fraction of sp³-hybridized carbons (Fsp3) is 0.171. The van der Waals surface area contributed by atoms with E-state index in [-0.39, 0.29) is 37.2 Å². The van der Waals surface area contributed by atoms with E-state index in [0.717, 1.165) is 5.56 Å². The summed E-state index contributed by atoms with van der Waals surface area (Å²) in [5.41, 5.74) is 4.61. The van der Waals surface area contributed by atoms with Crippen LogP contribution in [-0.2, 0) is 20.7 Å². The zero-order valence-electron chi connectivity index (χ0n) is 23.3. The molecule has 0 aliphatic carbocycles. The third-order valence-electron chi connectivity index (χ3n) is 6.79. The molecule has 4 aromatic rings. The predicted octanol–water partition coefficient (Wildman–Crippen LogP) is 5.93. The van der Waals surface area contributed by atoms with Gasteiger partial charge in [0.25, 0.3) is 5.91 Å². The summed E-state index contributed by atoms with van der Waals surface area (Å²) in [6.45, 7) is 2.23. The number of hydrogen-bond donors (Lipinski definition) is 1. The summed E-state index contributed by atoms with van der Waals surface area (Å²) in [4.78, 5) is 39.8. The summed E-state index contributed by atoms with van der Waals surface area (Å²) in [7, 11) is 0. The number of ketones is 1. The molecule has 0 bridgehead atoms. The van der Waals surface area contributed by atoms with E-state index in [0.29, 0.717) is 52.5 Å². The molecule has 5 rings (SSSR count). The molecule has 0 fully saturated rings. The average molecular weight is 559 g/mol. The molecule has 210 valence electrons. The zero-order valence-corrected chi connectivity index (χ0v) is 23.3. The summed E-state index contributed by atoms with van der Waals surface area (Å²) in [5.74, 6) is 6.44. The molecule has 1 amide bonds. The highest BCUT2D eigenvalue weighted by molar-refractivity contribution is 6.12. The Kier molecular flexibility index (Phi) is 8.95. The van der Waals surface area contributed by atoms with Gasteiger partial charge in [-0.3, -0.25) is 19.3 Å². The summed E-state index contributed by atoms with van der Waals surface area (Å²) in [6, 6.07) is 29.5. The molecular weight excluding hydrogens is 528 g/mol. The maximum Gasteiger partial charge on any atom is 0.306 e. The van der Waals surface area contributed by atoms with E-state index >= 15 is 0 Å². The second-order valence-corrected chi connectivity index (χ2v) is 9.55. The lowest BCUT2D eigenvalue weighted by Gasteiger charge is -2.27. The molecule has 0 saturated carbocycles. The van der Waals surface area contributed by atoms with Crippen molar-refractivity contribution in [2.75, 3.05) is 30.0 Å². The number of hydrogen-bond acceptors (Lipinski definition) is 6. The largest absolute Gasteiger partial charge is 0.482 e. The fourth-order valence-corrected chi connectivity index (χ4v) is 4.74. The fourth-order valence-electron chi connectivity index (χ4n) is 4.74. The number of nitrogens with one attached hydrogen (secondary N) is 1. The van der Waals surface area contributed by atoms with Crippen molar-refractivity contribution in [2.45, 2.75) is 19.8 Å². The molecule has 7 heteroatoms. The number of aryl methyl sites for hydroxylation is 1. The second-order valence-electron chi connectivity index (χ2n) is 9.55. The standard InChI is InChI=1S/C35H30N2O5/c1-2-41-33(39)22-21-26-15-10-14-25(16-11-23-37-30-19-8-9-20-31(30)42-24-32(37)38)34(26)36-29-18-7-6-17-28(29)35(40)27-12-4-3-5-13-27/h3-10,12-15,17-20,36H,2,21-24H2,1H3. The van der Waals surface area contributed by atoms with Crippen LogP contribution in [0.2, 0.25) is 0 Å². The van der Waals surface area contributed by atoms with Gasteiger partial charge in [-0.25, -0.2) is 0 Å². The summed E-state index contributed by atoms with van der Waals surface area (Å²) < 4.78 is 10.7. The number of carbonyl (C=O) groups is 3. The average Bonchev–Trinajstić information content (AvgIpc) is 3.02. The maximum absolute atomic E-state index is 13.4. The van der Waals surface area contributed by atoms with Gasteiger partial charge in [-0.05, 0) is 49.2 Å². The Morgan fingerprint density at radius 3 is 2.52 bits per heavy atom. The first kappa shape index (κ1) is 28.2. The number of esters is 1. The molecule has 0 aromatic heterocycles. The molecule has 0 radical (unpaired) electrons. The molecule has 0 atom stereocenters. The van der Waals surface area contributed by atoms with Crippen molar-refractivity contribution >= 4 is 34.7 Å². The summed E-state index contributed by atoms with van der Waals surface area (Å²) in [6.07, 6.45) is 0.615. The van der Waals surface area contributed by atoms with Crippen LogP contribution in [0.25, 0.3) is 0 Å². The Labute approximate surface area is 245 Å². The number of amides is 1. The molecule has 1 N–H and O–H groups in total. The van der Waals surface area contributed by atoms with Crippen LogP contribution in [0.15, 0.2) is 97.1 Å². The molecule has 7 nitrogen and oxygen atoms in total. The number of benzene rings is 4. The third-order valence-corrected chi connectivity index (χ3v) is 6.79. The number of ether oxygens (including phenoxy) is 2. The molecular formula is C35H30N2O5. The Balaban J connectivity index is 1.48. The highest BCUT2D eigenvalue weighted by Gasteiger charge is 2.24. The first-order valence-electron chi connectivity index (χ1n) is 13.8. The van der Waals surface area contributed by atoms with Crippen molar-refractivity contribution in [1.29, 1.82) is 0 Å². The number of rotatable bonds is 9. The van der Waals surface area contributed by atoms with Gasteiger partial charge in [0.05, 0.1) is 24.5 Å². The number of carbonyl (C=O) groups excluding carboxylic acids is 3. The highest BCUT2D eigenvalue weighted by atomic mass is 16.5. The molecule has 42 heavy (non-hydrogen) atoms. The monoisotopic (exact) mass is 558 g/mol. The maximum atomic E-state index is 13.4. The lowest BCUT2D eigenvalue weighted by Crippen LogP contribution is -2.38. The molecule has 0 unspecified atom stereocenters. The minimum absolute atomic E-state index is 0.0406. The number of anilines is 3. The van der Waals surface area contributed by atoms with Gasteiger partial charge in [-0.15, -0.1) is 0 Å². The SMILES string of the molecule is CCOC(=O)CCc1cccc(C#CCN2C(=O)COc3ccccc32)c1Nc1ccccc1C(=O)c1ccccc1. The smallest absolute Gasteiger partial charge is 0.306 e. The van der Waals surface area contributed by atoms with E-state index in [1.807, 2.05) is 78.9 Å². The van der Waals surface area contributed by atoms with Crippen LogP contribution in [-0.4, -0.2) is 37.4 Å². The first-order valence-corrected chi connectivity index (χ1v) is 13.8. The van der Waals surface area contributed by atoms with Gasteiger partial charge in [-0.1, -0.05) is 78.6 Å². The van der Waals surface area contributed by atoms with Gasteiger partial charge in [0.15, 0.2) is 12.4 Å². The van der Waals surface area contributed by atoms with Gasteiger partial charge in [0, 0.05) is 28.8 Å². The molecule has 1 aliphatic rings. The van der Waals surface area contributed by atoms with Crippen LogP contribution in [0.5, 0.6) is 5.75 Å². The van der Waals surface area contributed by atoms with Crippen LogP contribution in [0.1, 0.15) is 40.4 Å². The molecule has 1 aliphatic heterocycles. The van der Waals surface area contributed by atoms with Gasteiger partial charge in [0.2, 0.25) is 0 Å². The van der Waals surface area contributed by atoms with E-state index in [1.165, 1.54) is 0 Å². The van der Waals surface area contributed by atoms with Crippen LogP contribution < -0.4 is 15.0 Å². The van der Waals surface area contributed by atoms with E-state index in [2.05, 4.69) is 17.2 Å². The Morgan fingerprint density at radius 2 is 1.69 bits per heavy atom. The normalized spacial score (nSPS) is 11.9. The third kappa shape index (κ3) is 6.51. The van der Waals surface area contributed by atoms with Crippen LogP contribution in [0, 0.1) is 11.8 Å². The van der Waals surface area contributed by atoms with Gasteiger partial charge in [0.1, 0.15) is 5.75 Å². The molecule has 4 aromatic carbocycles. The minimum Gasteiger partial charge on any atom is -0.482 e. The highest BCUT2D eigenvalue weighted by Crippen LogP contribution is 2.32. The van der Waals surface area contributed by atoms with E-state index in [4.69, 9.17) is 9.47 Å². The molecule has 0 saturated heterocycles. The second kappa shape index (κ2) is 13.3. The van der Waals surface area contributed by atoms with Crippen LogP contribution in [0.3, 0.4) is 0 Å². The van der Waals surface area contributed by atoms with Crippen molar-refractivity contribution in [3.05, 3.63) is 119 Å². The number of para-hydroxylation sites is 4. The number of nitrogens with zero attached hydrogens (tertiary/aromatic N) is 1. The lowest BCUT2D eigenvalue weighted by molar-refractivity contribution is -0.143. The van der Waals surface area contributed by atoms with E-state index < -0.39 is 0 Å². The van der Waals surface area contributed by atoms with Crippen molar-refractivity contribution in [3.63, 3.8) is 0 Å².